The molecule has 0 aliphatic carbocycles. The Hall–Kier alpha value is -1.34. The highest BCUT2D eigenvalue weighted by atomic mass is 16.5. The summed E-state index contributed by atoms with van der Waals surface area (Å²) in [5.74, 6) is 0. The number of fused-ring (bicyclic) bond motifs is 1. The van der Waals surface area contributed by atoms with Crippen molar-refractivity contribution >= 4 is 10.8 Å². The van der Waals surface area contributed by atoms with Gasteiger partial charge in [0.05, 0.1) is 6.61 Å². The van der Waals surface area contributed by atoms with E-state index >= 15 is 0 Å². The molecule has 0 N–H and O–H groups in total. The second-order valence-electron chi connectivity index (χ2n) is 3.59. The van der Waals surface area contributed by atoms with E-state index < -0.39 is 0 Å². The molecule has 0 heterocycles. The van der Waals surface area contributed by atoms with Gasteiger partial charge >= 0.3 is 0 Å². The third kappa shape index (κ3) is 2.57. The highest BCUT2D eigenvalue weighted by Gasteiger charge is 1.95. The maximum atomic E-state index is 5.46. The summed E-state index contributed by atoms with van der Waals surface area (Å²) in [7, 11) is 0. The second kappa shape index (κ2) is 4.94. The van der Waals surface area contributed by atoms with E-state index in [1.807, 2.05) is 0 Å². The Morgan fingerprint density at radius 3 is 2.60 bits per heavy atom. The molecule has 0 saturated carbocycles. The first-order valence-corrected chi connectivity index (χ1v) is 5.25. The van der Waals surface area contributed by atoms with E-state index in [9.17, 15) is 0 Å². The fourth-order valence-electron chi connectivity index (χ4n) is 1.62. The first kappa shape index (κ1) is 10.2. The van der Waals surface area contributed by atoms with Gasteiger partial charge in [0.25, 0.3) is 0 Å². The molecule has 15 heavy (non-hydrogen) atoms. The van der Waals surface area contributed by atoms with Gasteiger partial charge in [0.1, 0.15) is 0 Å². The maximum Gasteiger partial charge on any atom is 0.0717 e. The zero-order chi connectivity index (χ0) is 10.5. The van der Waals surface area contributed by atoms with Crippen molar-refractivity contribution < 1.29 is 4.74 Å². The number of hydrogen-bond acceptors (Lipinski definition) is 1. The fraction of sp³-hybridized carbons (Fsp3) is 0.214. The number of rotatable bonds is 4. The molecular formula is C14H15O. The van der Waals surface area contributed by atoms with E-state index in [2.05, 4.69) is 49.4 Å². The molecule has 1 nitrogen and oxygen atoms in total. The second-order valence-corrected chi connectivity index (χ2v) is 3.59. The monoisotopic (exact) mass is 199 g/mol. The molecule has 0 bridgehead atoms. The summed E-state index contributed by atoms with van der Waals surface area (Å²) in [6.07, 6.45) is 0.827. The third-order valence-corrected chi connectivity index (χ3v) is 2.37. The van der Waals surface area contributed by atoms with Crippen LogP contribution in [0.15, 0.2) is 42.5 Å². The molecule has 1 radical (unpaired) electrons. The lowest BCUT2D eigenvalue weighted by molar-refractivity contribution is 0.125. The standard InChI is InChI=1S/C14H15O/c1-2-9-15-11-12-7-8-13-5-3-4-6-14(13)10-12/h3-8,10H,1-2,9,11H2. The van der Waals surface area contributed by atoms with E-state index in [0.717, 1.165) is 13.0 Å². The Morgan fingerprint density at radius 1 is 1.00 bits per heavy atom. The van der Waals surface area contributed by atoms with Crippen LogP contribution < -0.4 is 0 Å². The minimum Gasteiger partial charge on any atom is -0.377 e. The Morgan fingerprint density at radius 2 is 1.80 bits per heavy atom. The van der Waals surface area contributed by atoms with Crippen molar-refractivity contribution in [3.8, 4) is 0 Å². The molecule has 0 fully saturated rings. The van der Waals surface area contributed by atoms with Gasteiger partial charge in [-0.2, -0.15) is 0 Å². The molecule has 2 aromatic rings. The smallest absolute Gasteiger partial charge is 0.0717 e. The Bertz CT molecular complexity index is 434. The first-order chi connectivity index (χ1) is 7.40. The van der Waals surface area contributed by atoms with Crippen LogP contribution >= 0.6 is 0 Å². The van der Waals surface area contributed by atoms with Gasteiger partial charge in [-0.25, -0.2) is 0 Å². The van der Waals surface area contributed by atoms with Gasteiger partial charge in [-0.1, -0.05) is 43.3 Å². The van der Waals surface area contributed by atoms with E-state index in [1.165, 1.54) is 16.3 Å². The fourth-order valence-corrected chi connectivity index (χ4v) is 1.62. The van der Waals surface area contributed by atoms with Crippen molar-refractivity contribution in [2.24, 2.45) is 0 Å². The summed E-state index contributed by atoms with van der Waals surface area (Å²) < 4.78 is 5.46. The van der Waals surface area contributed by atoms with Crippen molar-refractivity contribution in [1.29, 1.82) is 0 Å². The van der Waals surface area contributed by atoms with Crippen LogP contribution in [0.1, 0.15) is 12.0 Å². The lowest BCUT2D eigenvalue weighted by Gasteiger charge is -2.04. The van der Waals surface area contributed by atoms with Gasteiger partial charge in [0.15, 0.2) is 0 Å². The van der Waals surface area contributed by atoms with Crippen LogP contribution in [0.2, 0.25) is 0 Å². The summed E-state index contributed by atoms with van der Waals surface area (Å²) in [5, 5.41) is 2.55. The van der Waals surface area contributed by atoms with Crippen LogP contribution in [0.25, 0.3) is 10.8 Å². The average molecular weight is 199 g/mol. The van der Waals surface area contributed by atoms with Gasteiger partial charge in [0.2, 0.25) is 0 Å². The molecule has 0 spiro atoms. The molecule has 0 aromatic heterocycles. The predicted molar refractivity (Wildman–Crippen MR) is 63.6 cm³/mol. The van der Waals surface area contributed by atoms with Crippen LogP contribution in [0.5, 0.6) is 0 Å². The molecule has 1 heteroatoms. The molecule has 0 aliphatic rings. The third-order valence-electron chi connectivity index (χ3n) is 2.37. The number of hydrogen-bond donors (Lipinski definition) is 0. The van der Waals surface area contributed by atoms with Crippen molar-refractivity contribution in [2.75, 3.05) is 6.61 Å². The van der Waals surface area contributed by atoms with Gasteiger partial charge in [0, 0.05) is 6.61 Å². The van der Waals surface area contributed by atoms with Crippen LogP contribution in [0.3, 0.4) is 0 Å². The topological polar surface area (TPSA) is 9.23 Å². The molecular weight excluding hydrogens is 184 g/mol. The predicted octanol–water partition coefficient (Wildman–Crippen LogP) is 3.58. The van der Waals surface area contributed by atoms with Crippen molar-refractivity contribution in [3.63, 3.8) is 0 Å². The Labute approximate surface area is 90.7 Å². The minimum atomic E-state index is 0.681. The van der Waals surface area contributed by atoms with E-state index in [4.69, 9.17) is 4.74 Å². The van der Waals surface area contributed by atoms with E-state index in [0.29, 0.717) is 6.61 Å². The highest BCUT2D eigenvalue weighted by Crippen LogP contribution is 2.16. The molecule has 2 rings (SSSR count). The molecule has 0 saturated heterocycles. The van der Waals surface area contributed by atoms with Crippen LogP contribution in [-0.4, -0.2) is 6.61 Å². The number of ether oxygens (including phenoxy) is 1. The Kier molecular flexibility index (Phi) is 3.36. The lowest BCUT2D eigenvalue weighted by atomic mass is 10.1. The first-order valence-electron chi connectivity index (χ1n) is 5.25. The zero-order valence-electron chi connectivity index (χ0n) is 8.78. The summed E-state index contributed by atoms with van der Waals surface area (Å²) in [6, 6.07) is 14.8. The van der Waals surface area contributed by atoms with Gasteiger partial charge in [-0.05, 0) is 28.8 Å². The van der Waals surface area contributed by atoms with Gasteiger partial charge in [-0.15, -0.1) is 0 Å². The largest absolute Gasteiger partial charge is 0.377 e. The quantitative estimate of drug-likeness (QED) is 0.684. The average Bonchev–Trinajstić information content (AvgIpc) is 2.29. The van der Waals surface area contributed by atoms with E-state index in [-0.39, 0.29) is 0 Å². The lowest BCUT2D eigenvalue weighted by Crippen LogP contribution is -1.93. The normalized spacial score (nSPS) is 10.7. The van der Waals surface area contributed by atoms with Crippen molar-refractivity contribution in [1.82, 2.24) is 0 Å². The van der Waals surface area contributed by atoms with Gasteiger partial charge < -0.3 is 4.74 Å². The molecule has 0 atom stereocenters. The molecule has 0 amide bonds. The molecule has 0 unspecified atom stereocenters. The number of benzene rings is 2. The molecule has 77 valence electrons. The highest BCUT2D eigenvalue weighted by molar-refractivity contribution is 5.82. The van der Waals surface area contributed by atoms with Crippen LogP contribution in [0.4, 0.5) is 0 Å². The van der Waals surface area contributed by atoms with Crippen molar-refractivity contribution in [2.45, 2.75) is 13.0 Å². The Balaban J connectivity index is 2.16. The zero-order valence-corrected chi connectivity index (χ0v) is 8.78. The van der Waals surface area contributed by atoms with Crippen LogP contribution in [-0.2, 0) is 11.3 Å². The molecule has 0 aliphatic heterocycles. The minimum absolute atomic E-state index is 0.681. The summed E-state index contributed by atoms with van der Waals surface area (Å²) in [6.45, 7) is 5.15. The SMILES string of the molecule is [CH2]CCOCc1ccc2ccccc2c1. The summed E-state index contributed by atoms with van der Waals surface area (Å²) in [5.41, 5.74) is 1.22. The van der Waals surface area contributed by atoms with Crippen molar-refractivity contribution in [3.05, 3.63) is 55.0 Å². The summed E-state index contributed by atoms with van der Waals surface area (Å²) in [4.78, 5) is 0. The van der Waals surface area contributed by atoms with Crippen LogP contribution in [0, 0.1) is 6.92 Å². The maximum absolute atomic E-state index is 5.46. The molecule has 2 aromatic carbocycles. The summed E-state index contributed by atoms with van der Waals surface area (Å²) >= 11 is 0. The van der Waals surface area contributed by atoms with Gasteiger partial charge in [-0.3, -0.25) is 0 Å². The van der Waals surface area contributed by atoms with E-state index in [1.54, 1.807) is 0 Å².